The first-order valence-electron chi connectivity index (χ1n) is 12.3. The summed E-state index contributed by atoms with van der Waals surface area (Å²) in [5, 5.41) is 8.64. The first-order chi connectivity index (χ1) is 18.0. The van der Waals surface area contributed by atoms with Gasteiger partial charge in [-0.2, -0.15) is 4.98 Å². The molecule has 0 bridgehead atoms. The molecule has 0 radical (unpaired) electrons. The van der Waals surface area contributed by atoms with Crippen molar-refractivity contribution in [2.75, 3.05) is 24.8 Å². The number of allylic oxidation sites excluding steroid dienone is 1. The highest BCUT2D eigenvalue weighted by molar-refractivity contribution is 7.99. The smallest absolute Gasteiger partial charge is 0.338 e. The second-order valence-electron chi connectivity index (χ2n) is 8.50. The fourth-order valence-electron chi connectivity index (χ4n) is 3.99. The third kappa shape index (κ3) is 6.17. The van der Waals surface area contributed by atoms with Crippen molar-refractivity contribution in [3.05, 3.63) is 83.6 Å². The molecule has 8 nitrogen and oxygen atoms in total. The number of anilines is 1. The number of hydrogen-bond acceptors (Lipinski definition) is 8. The van der Waals surface area contributed by atoms with E-state index >= 15 is 0 Å². The second kappa shape index (κ2) is 12.5. The molecule has 0 fully saturated rings. The van der Waals surface area contributed by atoms with Crippen LogP contribution in [0.15, 0.2) is 77.6 Å². The Morgan fingerprint density at radius 1 is 1.22 bits per heavy atom. The minimum absolute atomic E-state index is 0.111. The number of fused-ring (bicyclic) bond motifs is 1. The first-order valence-corrected chi connectivity index (χ1v) is 13.2. The lowest BCUT2D eigenvalue weighted by molar-refractivity contribution is -0.138. The fourth-order valence-corrected chi connectivity index (χ4v) is 4.91. The molecule has 194 valence electrons. The van der Waals surface area contributed by atoms with Crippen LogP contribution in [-0.4, -0.2) is 40.2 Å². The zero-order valence-electron chi connectivity index (χ0n) is 21.4. The Labute approximate surface area is 221 Å². The fraction of sp³-hybridized carbons (Fsp3) is 0.321. The van der Waals surface area contributed by atoms with Crippen LogP contribution in [0.1, 0.15) is 43.9 Å². The van der Waals surface area contributed by atoms with Gasteiger partial charge in [-0.1, -0.05) is 74.2 Å². The lowest BCUT2D eigenvalue weighted by atomic mass is 9.95. The van der Waals surface area contributed by atoms with E-state index in [2.05, 4.69) is 23.8 Å². The highest BCUT2D eigenvalue weighted by Gasteiger charge is 2.35. The highest BCUT2D eigenvalue weighted by Crippen LogP contribution is 2.40. The minimum atomic E-state index is -0.557. The number of hydrogen-bond donors (Lipinski definition) is 1. The summed E-state index contributed by atoms with van der Waals surface area (Å²) >= 11 is 1.60. The summed E-state index contributed by atoms with van der Waals surface area (Å²) in [5.41, 5.74) is 2.96. The molecule has 0 amide bonds. The number of nitrogens with zero attached hydrogens (tertiary/aromatic N) is 3. The van der Waals surface area contributed by atoms with E-state index < -0.39 is 12.0 Å². The number of methoxy groups -OCH3 is 1. The number of ether oxygens (including phenoxy) is 3. The van der Waals surface area contributed by atoms with Crippen LogP contribution in [0.4, 0.5) is 5.95 Å². The first kappa shape index (κ1) is 26.3. The van der Waals surface area contributed by atoms with Gasteiger partial charge >= 0.3 is 5.97 Å². The molecular formula is C28H32N4O4S. The molecule has 0 saturated heterocycles. The third-order valence-corrected chi connectivity index (χ3v) is 6.78. The van der Waals surface area contributed by atoms with Crippen molar-refractivity contribution in [1.29, 1.82) is 0 Å². The SMILES string of the molecule is C=CCOC(=O)C1=C(C)Nc2nc(SCCCC)nn2C1c1ccc(OCc2ccccc2)c(OC)c1. The second-order valence-corrected chi connectivity index (χ2v) is 9.56. The molecule has 0 spiro atoms. The Morgan fingerprint density at radius 3 is 2.76 bits per heavy atom. The van der Waals surface area contributed by atoms with Crippen molar-refractivity contribution in [2.45, 2.75) is 44.5 Å². The van der Waals surface area contributed by atoms with E-state index in [9.17, 15) is 4.79 Å². The van der Waals surface area contributed by atoms with Crippen LogP contribution in [0, 0.1) is 0 Å². The van der Waals surface area contributed by atoms with Crippen molar-refractivity contribution in [2.24, 2.45) is 0 Å². The summed E-state index contributed by atoms with van der Waals surface area (Å²) in [4.78, 5) is 17.8. The van der Waals surface area contributed by atoms with Gasteiger partial charge in [0, 0.05) is 11.4 Å². The molecule has 37 heavy (non-hydrogen) atoms. The average molecular weight is 521 g/mol. The lowest BCUT2D eigenvalue weighted by Crippen LogP contribution is -2.29. The van der Waals surface area contributed by atoms with E-state index in [1.165, 1.54) is 0 Å². The lowest BCUT2D eigenvalue weighted by Gasteiger charge is -2.28. The number of carbonyl (C=O) groups excluding carboxylic acids is 1. The molecule has 0 saturated carbocycles. The van der Waals surface area contributed by atoms with E-state index in [-0.39, 0.29) is 6.61 Å². The van der Waals surface area contributed by atoms with E-state index in [0.29, 0.717) is 40.5 Å². The summed E-state index contributed by atoms with van der Waals surface area (Å²) in [7, 11) is 1.60. The highest BCUT2D eigenvalue weighted by atomic mass is 32.2. The Bertz CT molecular complexity index is 1270. The standard InChI is InChI=1S/C28H32N4O4S/c1-5-7-16-37-28-30-27-29-19(3)24(26(33)35-15-6-2)25(32(27)31-28)21-13-14-22(23(17-21)34-4)36-18-20-11-9-8-10-12-20/h6,8-14,17,25H,2,5,7,15-16,18H2,1,3-4H3,(H,29,30,31). The van der Waals surface area contributed by atoms with Gasteiger partial charge in [0.2, 0.25) is 11.1 Å². The number of aromatic nitrogens is 3. The van der Waals surface area contributed by atoms with Crippen LogP contribution in [0.25, 0.3) is 0 Å². The summed E-state index contributed by atoms with van der Waals surface area (Å²) < 4.78 is 18.9. The largest absolute Gasteiger partial charge is 0.493 e. The van der Waals surface area contributed by atoms with Crippen LogP contribution in [0.3, 0.4) is 0 Å². The van der Waals surface area contributed by atoms with Crippen LogP contribution in [0.2, 0.25) is 0 Å². The number of esters is 1. The van der Waals surface area contributed by atoms with Gasteiger partial charge in [-0.15, -0.1) is 5.10 Å². The van der Waals surface area contributed by atoms with Gasteiger partial charge in [0.15, 0.2) is 11.5 Å². The van der Waals surface area contributed by atoms with Gasteiger partial charge < -0.3 is 19.5 Å². The molecule has 1 aromatic heterocycles. The topological polar surface area (TPSA) is 87.5 Å². The summed E-state index contributed by atoms with van der Waals surface area (Å²) in [5.74, 6) is 2.22. The molecule has 1 N–H and O–H groups in total. The zero-order valence-corrected chi connectivity index (χ0v) is 22.2. The van der Waals surface area contributed by atoms with Crippen LogP contribution >= 0.6 is 11.8 Å². The van der Waals surface area contributed by atoms with Crippen LogP contribution < -0.4 is 14.8 Å². The number of carbonyl (C=O) groups is 1. The number of rotatable bonds is 12. The molecule has 4 rings (SSSR count). The number of thioether (sulfide) groups is 1. The molecule has 1 aliphatic heterocycles. The quantitative estimate of drug-likeness (QED) is 0.139. The van der Waals surface area contributed by atoms with Crippen molar-refractivity contribution < 1.29 is 19.0 Å². The molecule has 1 aliphatic rings. The molecule has 9 heteroatoms. The van der Waals surface area contributed by atoms with Crippen molar-refractivity contribution in [3.8, 4) is 11.5 Å². The Kier molecular flexibility index (Phi) is 8.90. The molecule has 3 aromatic rings. The van der Waals surface area contributed by atoms with Crippen molar-refractivity contribution in [3.63, 3.8) is 0 Å². The zero-order chi connectivity index (χ0) is 26.2. The minimum Gasteiger partial charge on any atom is -0.493 e. The number of benzene rings is 2. The van der Waals surface area contributed by atoms with Gasteiger partial charge in [-0.3, -0.25) is 0 Å². The number of nitrogens with one attached hydrogen (secondary N) is 1. The van der Waals surface area contributed by atoms with Crippen LogP contribution in [-0.2, 0) is 16.1 Å². The van der Waals surface area contributed by atoms with Crippen LogP contribution in [0.5, 0.6) is 11.5 Å². The van der Waals surface area contributed by atoms with Crippen molar-refractivity contribution >= 4 is 23.7 Å². The molecule has 2 aromatic carbocycles. The summed E-state index contributed by atoms with van der Waals surface area (Å²) in [6, 6.07) is 15.0. The monoisotopic (exact) mass is 520 g/mol. The van der Waals surface area contributed by atoms with Crippen molar-refractivity contribution in [1.82, 2.24) is 14.8 Å². The van der Waals surface area contributed by atoms with E-state index in [4.69, 9.17) is 19.3 Å². The van der Waals surface area contributed by atoms with E-state index in [1.54, 1.807) is 29.6 Å². The molecular weight excluding hydrogens is 488 g/mol. The molecule has 1 atom stereocenters. The third-order valence-electron chi connectivity index (χ3n) is 5.85. The normalized spacial score (nSPS) is 14.5. The molecule has 0 aliphatic carbocycles. The predicted molar refractivity (Wildman–Crippen MR) is 145 cm³/mol. The average Bonchev–Trinajstić information content (AvgIpc) is 3.32. The maximum absolute atomic E-state index is 13.2. The Balaban J connectivity index is 1.69. The molecule has 1 unspecified atom stereocenters. The van der Waals surface area contributed by atoms with Gasteiger partial charge in [-0.25, -0.2) is 9.48 Å². The maximum atomic E-state index is 13.2. The summed E-state index contributed by atoms with van der Waals surface area (Å²) in [6.45, 7) is 8.17. The van der Waals surface area contributed by atoms with Gasteiger partial charge in [0.25, 0.3) is 0 Å². The van der Waals surface area contributed by atoms with Gasteiger partial charge in [0.05, 0.1) is 12.7 Å². The van der Waals surface area contributed by atoms with Gasteiger partial charge in [-0.05, 0) is 36.6 Å². The number of unbranched alkanes of at least 4 members (excludes halogenated alkanes) is 1. The predicted octanol–water partition coefficient (Wildman–Crippen LogP) is 5.78. The van der Waals surface area contributed by atoms with Gasteiger partial charge in [0.1, 0.15) is 19.3 Å². The Morgan fingerprint density at radius 2 is 2.03 bits per heavy atom. The maximum Gasteiger partial charge on any atom is 0.338 e. The van der Waals surface area contributed by atoms with E-state index in [0.717, 1.165) is 29.7 Å². The summed E-state index contributed by atoms with van der Waals surface area (Å²) in [6.07, 6.45) is 3.72. The Hall–Kier alpha value is -3.72. The molecule has 2 heterocycles. The van der Waals surface area contributed by atoms with E-state index in [1.807, 2.05) is 55.5 Å².